The van der Waals surface area contributed by atoms with E-state index in [2.05, 4.69) is 15.6 Å². The van der Waals surface area contributed by atoms with E-state index < -0.39 is 61.5 Å². The van der Waals surface area contributed by atoms with E-state index in [-0.39, 0.29) is 11.3 Å². The number of halogens is 5. The Labute approximate surface area is 185 Å². The third-order valence-electron chi connectivity index (χ3n) is 4.80. The predicted molar refractivity (Wildman–Crippen MR) is 108 cm³/mol. The molecule has 1 saturated heterocycles. The molecule has 172 valence electrons. The number of hydrogen-bond donors (Lipinski definition) is 3. The molecule has 1 aromatic carbocycles. The van der Waals surface area contributed by atoms with Gasteiger partial charge in [0.15, 0.2) is 0 Å². The Morgan fingerprint density at radius 3 is 2.56 bits per heavy atom. The topological polar surface area (TPSA) is 115 Å². The molecule has 0 saturated carbocycles. The van der Waals surface area contributed by atoms with Crippen LogP contribution < -0.4 is 10.6 Å². The Morgan fingerprint density at radius 2 is 2.00 bits per heavy atom. The number of amides is 1. The van der Waals surface area contributed by atoms with Crippen molar-refractivity contribution in [1.29, 1.82) is 5.41 Å². The zero-order valence-corrected chi connectivity index (χ0v) is 18.1. The van der Waals surface area contributed by atoms with Crippen LogP contribution in [0.15, 0.2) is 30.5 Å². The van der Waals surface area contributed by atoms with E-state index in [1.54, 1.807) is 0 Å². The average Bonchev–Trinajstić information content (AvgIpc) is 2.66. The minimum atomic E-state index is -4.69. The van der Waals surface area contributed by atoms with Crippen molar-refractivity contribution in [2.75, 3.05) is 18.1 Å². The summed E-state index contributed by atoms with van der Waals surface area (Å²) in [6.45, 7) is 1.38. The van der Waals surface area contributed by atoms with Crippen molar-refractivity contribution in [3.8, 4) is 0 Å². The van der Waals surface area contributed by atoms with Crippen LogP contribution in [0.2, 0.25) is 5.02 Å². The fourth-order valence-corrected chi connectivity index (χ4v) is 4.83. The minimum Gasteiger partial charge on any atom is -0.345 e. The summed E-state index contributed by atoms with van der Waals surface area (Å²) in [6, 6.07) is 3.87. The Balaban J connectivity index is 1.91. The van der Waals surface area contributed by atoms with E-state index >= 15 is 0 Å². The summed E-state index contributed by atoms with van der Waals surface area (Å²) in [4.78, 5) is 15.9. The number of alkyl halides is 3. The summed E-state index contributed by atoms with van der Waals surface area (Å²) in [5.41, 5.74) is -3.29. The largest absolute Gasteiger partial charge is 0.417 e. The first kappa shape index (κ1) is 23.7. The zero-order chi connectivity index (χ0) is 24.1. The molecule has 1 atom stereocenters. The Hall–Kier alpha value is -2.93. The Morgan fingerprint density at radius 1 is 1.34 bits per heavy atom. The lowest BCUT2D eigenvalue weighted by Gasteiger charge is -2.40. The third kappa shape index (κ3) is 4.48. The molecular weight excluding hydrogens is 478 g/mol. The first-order chi connectivity index (χ1) is 14.6. The van der Waals surface area contributed by atoms with E-state index in [4.69, 9.17) is 17.0 Å². The second-order valence-electron chi connectivity index (χ2n) is 7.23. The first-order valence-electron chi connectivity index (χ1n) is 8.81. The molecule has 2 aromatic rings. The lowest BCUT2D eigenvalue weighted by Crippen LogP contribution is -2.61. The lowest BCUT2D eigenvalue weighted by molar-refractivity contribution is -0.137. The smallest absolute Gasteiger partial charge is 0.345 e. The van der Waals surface area contributed by atoms with Crippen molar-refractivity contribution in [2.45, 2.75) is 18.6 Å². The van der Waals surface area contributed by atoms with Crippen LogP contribution in [-0.2, 0) is 21.7 Å². The van der Waals surface area contributed by atoms with Crippen LogP contribution in [0.4, 0.5) is 23.2 Å². The second kappa shape index (κ2) is 7.89. The molecule has 1 aliphatic heterocycles. The molecular formula is C18H16ClF4N5O3S. The summed E-state index contributed by atoms with van der Waals surface area (Å²) in [6.07, 6.45) is -4.24. The van der Waals surface area contributed by atoms with Gasteiger partial charge in [-0.2, -0.15) is 13.2 Å². The van der Waals surface area contributed by atoms with Gasteiger partial charge in [-0.25, -0.2) is 22.1 Å². The van der Waals surface area contributed by atoms with Gasteiger partial charge in [-0.05, 0) is 31.2 Å². The van der Waals surface area contributed by atoms with Crippen molar-refractivity contribution >= 4 is 39.2 Å². The number of nitrogens with zero attached hydrogens (tertiary/aromatic N) is 2. The van der Waals surface area contributed by atoms with E-state index in [0.717, 1.165) is 16.4 Å². The standard InChI is InChI=1S/C18H16ClF4N5O3S/c1-17(8-32(30,31)28(2)16(24)27-17)11-6-10(3-4-13(11)20)26-15(29)14-12(19)5-9(7-25-14)18(21,22)23/h3-7H,8H2,1-2H3,(H2,24,27)(H,26,29)/t17-/m0/s1. The van der Waals surface area contributed by atoms with Gasteiger partial charge in [-0.1, -0.05) is 11.6 Å². The highest BCUT2D eigenvalue weighted by molar-refractivity contribution is 7.89. The number of rotatable bonds is 3. The number of nitrogens with one attached hydrogen (secondary N) is 3. The molecule has 1 aromatic heterocycles. The van der Waals surface area contributed by atoms with Crippen LogP contribution in [0.3, 0.4) is 0 Å². The van der Waals surface area contributed by atoms with Crippen molar-refractivity contribution in [1.82, 2.24) is 14.6 Å². The number of pyridine rings is 1. The predicted octanol–water partition coefficient (Wildman–Crippen LogP) is 3.16. The van der Waals surface area contributed by atoms with Crippen LogP contribution in [0.25, 0.3) is 0 Å². The van der Waals surface area contributed by atoms with Crippen LogP contribution >= 0.6 is 11.6 Å². The summed E-state index contributed by atoms with van der Waals surface area (Å²) in [5.74, 6) is -2.79. The van der Waals surface area contributed by atoms with Gasteiger partial charge in [0.05, 0.1) is 21.9 Å². The number of benzene rings is 1. The molecule has 0 unspecified atom stereocenters. The molecule has 1 fully saturated rings. The molecule has 0 bridgehead atoms. The quantitative estimate of drug-likeness (QED) is 0.568. The third-order valence-corrected chi connectivity index (χ3v) is 7.05. The maximum absolute atomic E-state index is 14.6. The molecule has 1 aliphatic rings. The molecule has 1 amide bonds. The molecule has 0 spiro atoms. The zero-order valence-electron chi connectivity index (χ0n) is 16.5. The highest BCUT2D eigenvalue weighted by Gasteiger charge is 2.43. The summed E-state index contributed by atoms with van der Waals surface area (Å²) < 4.78 is 78.2. The van der Waals surface area contributed by atoms with Gasteiger partial charge >= 0.3 is 6.18 Å². The van der Waals surface area contributed by atoms with Gasteiger partial charge in [0.25, 0.3) is 5.91 Å². The minimum absolute atomic E-state index is 0.00930. The van der Waals surface area contributed by atoms with Gasteiger partial charge < -0.3 is 10.6 Å². The van der Waals surface area contributed by atoms with Crippen molar-refractivity contribution in [2.24, 2.45) is 0 Å². The Kier molecular flexibility index (Phi) is 5.85. The fraction of sp³-hybridized carbons (Fsp3) is 0.278. The van der Waals surface area contributed by atoms with Crippen molar-refractivity contribution in [3.05, 3.63) is 58.1 Å². The molecule has 14 heteroatoms. The molecule has 3 N–H and O–H groups in total. The molecule has 2 heterocycles. The van der Waals surface area contributed by atoms with Crippen LogP contribution in [0.5, 0.6) is 0 Å². The fourth-order valence-electron chi connectivity index (χ4n) is 3.10. The van der Waals surface area contributed by atoms with Gasteiger partial charge in [0, 0.05) is 24.5 Å². The van der Waals surface area contributed by atoms with Crippen molar-refractivity contribution in [3.63, 3.8) is 0 Å². The van der Waals surface area contributed by atoms with Gasteiger partial charge in [0.2, 0.25) is 16.0 Å². The van der Waals surface area contributed by atoms with Crippen LogP contribution in [0.1, 0.15) is 28.5 Å². The normalized spacial score (nSPS) is 20.6. The number of hydrogen-bond acceptors (Lipinski definition) is 5. The summed E-state index contributed by atoms with van der Waals surface area (Å²) in [7, 11) is -2.73. The van der Waals surface area contributed by atoms with E-state index in [9.17, 15) is 30.8 Å². The maximum atomic E-state index is 14.6. The van der Waals surface area contributed by atoms with Crippen LogP contribution in [0, 0.1) is 11.2 Å². The highest BCUT2D eigenvalue weighted by Crippen LogP contribution is 2.33. The molecule has 32 heavy (non-hydrogen) atoms. The molecule has 0 radical (unpaired) electrons. The van der Waals surface area contributed by atoms with E-state index in [0.29, 0.717) is 12.3 Å². The van der Waals surface area contributed by atoms with Gasteiger partial charge in [-0.3, -0.25) is 10.2 Å². The second-order valence-corrected chi connectivity index (χ2v) is 9.64. The first-order valence-corrected chi connectivity index (χ1v) is 10.8. The molecule has 0 aliphatic carbocycles. The number of sulfonamides is 1. The van der Waals surface area contributed by atoms with Gasteiger partial charge in [-0.15, -0.1) is 0 Å². The highest BCUT2D eigenvalue weighted by atomic mass is 35.5. The average molecular weight is 494 g/mol. The number of anilines is 1. The maximum Gasteiger partial charge on any atom is 0.417 e. The number of carbonyl (C=O) groups excluding carboxylic acids is 1. The molecule has 3 rings (SSSR count). The lowest BCUT2D eigenvalue weighted by atomic mass is 9.93. The number of guanidine groups is 1. The van der Waals surface area contributed by atoms with Gasteiger partial charge in [0.1, 0.15) is 11.5 Å². The number of carbonyl (C=O) groups is 1. The molecule has 8 nitrogen and oxygen atoms in total. The summed E-state index contributed by atoms with van der Waals surface area (Å²) >= 11 is 5.77. The summed E-state index contributed by atoms with van der Waals surface area (Å²) in [5, 5.41) is 12.3. The SMILES string of the molecule is CN1C(=N)N[C@](C)(c2cc(NC(=O)c3ncc(C(F)(F)F)cc3Cl)ccc2F)CS1(=O)=O. The monoisotopic (exact) mass is 493 g/mol. The van der Waals surface area contributed by atoms with Crippen molar-refractivity contribution < 1.29 is 30.8 Å². The van der Waals surface area contributed by atoms with E-state index in [1.165, 1.54) is 20.0 Å². The number of aromatic nitrogens is 1. The Bertz CT molecular complexity index is 1220. The van der Waals surface area contributed by atoms with E-state index in [1.807, 2.05) is 0 Å². The van der Waals surface area contributed by atoms with Crippen LogP contribution in [-0.4, -0.2) is 42.4 Å².